The topological polar surface area (TPSA) is 33.1 Å². The summed E-state index contributed by atoms with van der Waals surface area (Å²) in [5.41, 5.74) is 0.593. The first-order valence-corrected chi connectivity index (χ1v) is 4.68. The van der Waals surface area contributed by atoms with Crippen molar-refractivity contribution >= 4 is 22.6 Å². The average molecular weight is 299 g/mol. The van der Waals surface area contributed by atoms with Crippen LogP contribution in [0.25, 0.3) is 0 Å². The van der Waals surface area contributed by atoms with E-state index in [-0.39, 0.29) is 11.3 Å². The van der Waals surface area contributed by atoms with Gasteiger partial charge in [-0.1, -0.05) is 0 Å². The van der Waals surface area contributed by atoms with E-state index in [4.69, 9.17) is 5.11 Å². The minimum atomic E-state index is -2.63. The van der Waals surface area contributed by atoms with Crippen LogP contribution in [-0.2, 0) is 6.61 Å². The number of aromatic nitrogens is 1. The minimum Gasteiger partial charge on any atom is -0.392 e. The molecule has 0 aliphatic carbocycles. The molecular weight excluding hydrogens is 291 g/mol. The zero-order valence-electron chi connectivity index (χ0n) is 6.89. The summed E-state index contributed by atoms with van der Waals surface area (Å²) in [5.74, 6) is 0. The van der Waals surface area contributed by atoms with Crippen molar-refractivity contribution in [2.45, 2.75) is 20.0 Å². The highest BCUT2D eigenvalue weighted by Crippen LogP contribution is 2.25. The molecule has 0 spiro atoms. The summed E-state index contributed by atoms with van der Waals surface area (Å²) < 4.78 is 25.5. The third-order valence-corrected chi connectivity index (χ3v) is 2.89. The molecule has 0 bridgehead atoms. The lowest BCUT2D eigenvalue weighted by Gasteiger charge is -2.09. The van der Waals surface area contributed by atoms with Crippen molar-refractivity contribution < 1.29 is 13.9 Å². The first kappa shape index (κ1) is 10.8. The van der Waals surface area contributed by atoms with Gasteiger partial charge in [0.25, 0.3) is 6.43 Å². The Morgan fingerprint density at radius 2 is 2.23 bits per heavy atom. The average Bonchev–Trinajstić information content (AvgIpc) is 2.09. The van der Waals surface area contributed by atoms with E-state index in [1.165, 1.54) is 6.20 Å². The van der Waals surface area contributed by atoms with Crippen LogP contribution in [0.4, 0.5) is 8.78 Å². The van der Waals surface area contributed by atoms with Crippen molar-refractivity contribution in [3.63, 3.8) is 0 Å². The summed E-state index contributed by atoms with van der Waals surface area (Å²) in [5, 5.41) is 8.90. The van der Waals surface area contributed by atoms with Gasteiger partial charge in [-0.05, 0) is 35.1 Å². The molecule has 0 saturated heterocycles. The molecule has 0 unspecified atom stereocenters. The molecule has 1 heterocycles. The van der Waals surface area contributed by atoms with Gasteiger partial charge in [0.05, 0.1) is 6.61 Å². The number of aliphatic hydroxyl groups excluding tert-OH is 1. The number of rotatable bonds is 2. The van der Waals surface area contributed by atoms with E-state index >= 15 is 0 Å². The molecular formula is C8H8F2INO. The Morgan fingerprint density at radius 3 is 2.69 bits per heavy atom. The van der Waals surface area contributed by atoms with Crippen LogP contribution in [0.1, 0.15) is 23.2 Å². The maximum Gasteiger partial charge on any atom is 0.280 e. The Bertz CT molecular complexity index is 317. The van der Waals surface area contributed by atoms with Crippen molar-refractivity contribution in [2.75, 3.05) is 0 Å². The Hall–Kier alpha value is -0.300. The molecule has 1 aromatic rings. The van der Waals surface area contributed by atoms with Crippen LogP contribution in [0.15, 0.2) is 6.20 Å². The SMILES string of the molecule is Cc1c(I)cnc(C(F)F)c1CO. The van der Waals surface area contributed by atoms with E-state index in [9.17, 15) is 8.78 Å². The molecule has 0 aliphatic rings. The summed E-state index contributed by atoms with van der Waals surface area (Å²) in [7, 11) is 0. The summed E-state index contributed by atoms with van der Waals surface area (Å²) in [4.78, 5) is 3.59. The molecule has 5 heteroatoms. The molecule has 0 atom stereocenters. The summed E-state index contributed by atoms with van der Waals surface area (Å²) >= 11 is 1.99. The molecule has 2 nitrogen and oxygen atoms in total. The fourth-order valence-corrected chi connectivity index (χ4v) is 1.49. The first-order chi connectivity index (χ1) is 6.07. The van der Waals surface area contributed by atoms with Gasteiger partial charge in [-0.25, -0.2) is 8.78 Å². The molecule has 0 radical (unpaired) electrons. The monoisotopic (exact) mass is 299 g/mol. The van der Waals surface area contributed by atoms with E-state index < -0.39 is 13.0 Å². The van der Waals surface area contributed by atoms with Crippen molar-refractivity contribution in [1.29, 1.82) is 0 Å². The van der Waals surface area contributed by atoms with E-state index in [0.29, 0.717) is 5.56 Å². The van der Waals surface area contributed by atoms with Crippen LogP contribution in [0.3, 0.4) is 0 Å². The van der Waals surface area contributed by atoms with Gasteiger partial charge in [-0.15, -0.1) is 0 Å². The lowest BCUT2D eigenvalue weighted by Crippen LogP contribution is -2.03. The van der Waals surface area contributed by atoms with Crippen molar-refractivity contribution in [3.05, 3.63) is 26.6 Å². The zero-order chi connectivity index (χ0) is 10.0. The standard InChI is InChI=1S/C8H8F2INO/c1-4-5(3-13)7(8(9)10)12-2-6(4)11/h2,8,13H,3H2,1H3. The molecule has 1 aromatic heterocycles. The largest absolute Gasteiger partial charge is 0.392 e. The van der Waals surface area contributed by atoms with Gasteiger partial charge in [0.15, 0.2) is 0 Å². The lowest BCUT2D eigenvalue weighted by molar-refractivity contribution is 0.141. The predicted octanol–water partition coefficient (Wildman–Crippen LogP) is 2.42. The Kier molecular flexibility index (Phi) is 3.55. The maximum atomic E-state index is 12.4. The lowest BCUT2D eigenvalue weighted by atomic mass is 10.1. The highest BCUT2D eigenvalue weighted by atomic mass is 127. The van der Waals surface area contributed by atoms with Crippen molar-refractivity contribution in [3.8, 4) is 0 Å². The highest BCUT2D eigenvalue weighted by Gasteiger charge is 2.17. The molecule has 0 amide bonds. The molecule has 0 aliphatic heterocycles. The van der Waals surface area contributed by atoms with Crippen LogP contribution in [0.5, 0.6) is 0 Å². The molecule has 13 heavy (non-hydrogen) atoms. The Balaban J connectivity index is 3.30. The van der Waals surface area contributed by atoms with E-state index in [1.807, 2.05) is 22.6 Å². The van der Waals surface area contributed by atoms with E-state index in [0.717, 1.165) is 3.57 Å². The predicted molar refractivity (Wildman–Crippen MR) is 52.6 cm³/mol. The first-order valence-electron chi connectivity index (χ1n) is 3.60. The van der Waals surface area contributed by atoms with Crippen LogP contribution < -0.4 is 0 Å². The van der Waals surface area contributed by atoms with Crippen molar-refractivity contribution in [2.24, 2.45) is 0 Å². The number of halogens is 3. The van der Waals surface area contributed by atoms with Crippen LogP contribution >= 0.6 is 22.6 Å². The van der Waals surface area contributed by atoms with Crippen LogP contribution in [0.2, 0.25) is 0 Å². The second kappa shape index (κ2) is 4.28. The summed E-state index contributed by atoms with van der Waals surface area (Å²) in [6.45, 7) is 1.30. The molecule has 0 fully saturated rings. The minimum absolute atomic E-state index is 0.238. The van der Waals surface area contributed by atoms with Crippen LogP contribution in [0, 0.1) is 10.5 Å². The normalized spacial score (nSPS) is 10.9. The molecule has 72 valence electrons. The zero-order valence-corrected chi connectivity index (χ0v) is 9.05. The Morgan fingerprint density at radius 1 is 1.62 bits per heavy atom. The fraction of sp³-hybridized carbons (Fsp3) is 0.375. The quantitative estimate of drug-likeness (QED) is 0.851. The van der Waals surface area contributed by atoms with Crippen molar-refractivity contribution in [1.82, 2.24) is 4.98 Å². The highest BCUT2D eigenvalue weighted by molar-refractivity contribution is 14.1. The Labute approximate surface area is 88.1 Å². The van der Waals surface area contributed by atoms with Gasteiger partial charge in [0.2, 0.25) is 0 Å². The third kappa shape index (κ3) is 2.14. The third-order valence-electron chi connectivity index (χ3n) is 1.80. The number of hydrogen-bond acceptors (Lipinski definition) is 2. The van der Waals surface area contributed by atoms with Gasteiger partial charge >= 0.3 is 0 Å². The molecule has 1 rings (SSSR count). The van der Waals surface area contributed by atoms with Gasteiger partial charge < -0.3 is 5.11 Å². The summed E-state index contributed by atoms with van der Waals surface area (Å²) in [6, 6.07) is 0. The smallest absolute Gasteiger partial charge is 0.280 e. The van der Waals surface area contributed by atoms with Gasteiger partial charge in [0, 0.05) is 15.3 Å². The molecule has 0 aromatic carbocycles. The van der Waals surface area contributed by atoms with Crippen LogP contribution in [-0.4, -0.2) is 10.1 Å². The number of alkyl halides is 2. The number of nitrogens with zero attached hydrogens (tertiary/aromatic N) is 1. The second-order valence-electron chi connectivity index (χ2n) is 2.55. The fourth-order valence-electron chi connectivity index (χ4n) is 1.02. The second-order valence-corrected chi connectivity index (χ2v) is 3.72. The molecule has 0 saturated carbocycles. The number of hydrogen-bond donors (Lipinski definition) is 1. The molecule has 1 N–H and O–H groups in total. The van der Waals surface area contributed by atoms with Gasteiger partial charge in [-0.3, -0.25) is 4.98 Å². The number of aliphatic hydroxyl groups is 1. The summed E-state index contributed by atoms with van der Waals surface area (Å²) in [6.07, 6.45) is -1.24. The van der Waals surface area contributed by atoms with E-state index in [1.54, 1.807) is 6.92 Å². The van der Waals surface area contributed by atoms with Gasteiger partial charge in [-0.2, -0.15) is 0 Å². The number of pyridine rings is 1. The maximum absolute atomic E-state index is 12.4. The van der Waals surface area contributed by atoms with Gasteiger partial charge in [0.1, 0.15) is 5.69 Å². The van der Waals surface area contributed by atoms with E-state index in [2.05, 4.69) is 4.98 Å².